The Labute approximate surface area is 301 Å². The van der Waals surface area contributed by atoms with Crippen molar-refractivity contribution in [2.45, 2.75) is 104 Å². The zero-order valence-corrected chi connectivity index (χ0v) is 30.2. The minimum Gasteiger partial charge on any atom is -0.457 e. The number of aromatic nitrogens is 3. The van der Waals surface area contributed by atoms with Crippen LogP contribution in [0.15, 0.2) is 97.2 Å². The quantitative estimate of drug-likeness (QED) is 0.126. The molecule has 0 amide bonds. The SMILES string of the molecule is CC[C@H]1O[C@H](n2cc([C@H]3O[C@H](COCc4ccccc4)[C@@H](OCc4ccccc4)[C@H](OCc4ccccc4)[C@@H]3C)nn2)[C@@H](OC(C)=O)[C@@H](C)[C@@H]1C. The highest BCUT2D eigenvalue weighted by molar-refractivity contribution is 5.66. The number of rotatable bonds is 14. The Hall–Kier alpha value is -3.93. The molecule has 2 fully saturated rings. The lowest BCUT2D eigenvalue weighted by molar-refractivity contribution is -0.245. The molecule has 2 aliphatic rings. The van der Waals surface area contributed by atoms with Crippen molar-refractivity contribution < 1.29 is 33.2 Å². The van der Waals surface area contributed by atoms with E-state index in [0.29, 0.717) is 25.5 Å². The first kappa shape index (κ1) is 36.8. The Morgan fingerprint density at radius 2 is 1.27 bits per heavy atom. The van der Waals surface area contributed by atoms with Crippen molar-refractivity contribution in [3.63, 3.8) is 0 Å². The van der Waals surface area contributed by atoms with E-state index in [0.717, 1.165) is 23.1 Å². The molecule has 2 saturated heterocycles. The van der Waals surface area contributed by atoms with Crippen LogP contribution >= 0.6 is 0 Å². The molecule has 1 aromatic heterocycles. The first-order valence-electron chi connectivity index (χ1n) is 18.1. The Kier molecular flexibility index (Phi) is 12.7. The molecule has 3 aromatic carbocycles. The van der Waals surface area contributed by atoms with E-state index in [2.05, 4.69) is 62.3 Å². The lowest BCUT2D eigenvalue weighted by Gasteiger charge is -2.45. The summed E-state index contributed by atoms with van der Waals surface area (Å²) in [6.45, 7) is 11.4. The lowest BCUT2D eigenvalue weighted by atomic mass is 9.82. The maximum atomic E-state index is 12.2. The highest BCUT2D eigenvalue weighted by atomic mass is 16.6. The zero-order chi connectivity index (χ0) is 35.7. The first-order valence-corrected chi connectivity index (χ1v) is 18.1. The average Bonchev–Trinajstić information content (AvgIpc) is 3.64. The van der Waals surface area contributed by atoms with Gasteiger partial charge in [-0.1, -0.05) is 124 Å². The fraction of sp³-hybridized carbons (Fsp3) is 0.488. The van der Waals surface area contributed by atoms with Crippen LogP contribution in [0.5, 0.6) is 0 Å². The van der Waals surface area contributed by atoms with Gasteiger partial charge in [-0.2, -0.15) is 0 Å². The van der Waals surface area contributed by atoms with Crippen molar-refractivity contribution in [1.29, 1.82) is 0 Å². The van der Waals surface area contributed by atoms with Crippen LogP contribution in [-0.2, 0) is 53.0 Å². The first-order chi connectivity index (χ1) is 24.8. The smallest absolute Gasteiger partial charge is 0.303 e. The third kappa shape index (κ3) is 9.12. The summed E-state index contributed by atoms with van der Waals surface area (Å²) in [4.78, 5) is 12.2. The standard InChI is InChI=1S/C41H51N3O7/c1-6-35-27(2)28(3)39(49-30(5)45)41(51-35)44-22-34(42-43-44)37-29(4)38(47-24-32-18-12-8-13-19-32)40(48-25-33-20-14-9-15-21-33)36(50-37)26-46-23-31-16-10-7-11-17-31/h7-22,27-29,35-41H,6,23-26H2,1-5H3/t27-,28-,29+,35+,36+,37-,38+,39-,40+,41-/m0/s1. The maximum absolute atomic E-state index is 12.2. The average molecular weight is 698 g/mol. The third-order valence-corrected chi connectivity index (χ3v) is 10.3. The molecule has 6 rings (SSSR count). The van der Waals surface area contributed by atoms with Gasteiger partial charge in [0.1, 0.15) is 24.0 Å². The third-order valence-electron chi connectivity index (χ3n) is 10.3. The Morgan fingerprint density at radius 3 is 1.84 bits per heavy atom. The Bertz CT molecular complexity index is 1640. The Balaban J connectivity index is 1.29. The van der Waals surface area contributed by atoms with Gasteiger partial charge in [0.2, 0.25) is 0 Å². The molecule has 0 unspecified atom stereocenters. The number of carbonyl (C=O) groups excluding carboxylic acids is 1. The van der Waals surface area contributed by atoms with E-state index in [9.17, 15) is 4.79 Å². The summed E-state index contributed by atoms with van der Waals surface area (Å²) in [5.41, 5.74) is 3.83. The number of nitrogens with zero attached hydrogens (tertiary/aromatic N) is 3. The highest BCUT2D eigenvalue weighted by Crippen LogP contribution is 2.42. The van der Waals surface area contributed by atoms with Gasteiger partial charge < -0.3 is 28.4 Å². The minimum absolute atomic E-state index is 0.0151. The summed E-state index contributed by atoms with van der Waals surface area (Å²) in [6.07, 6.45) is -0.238. The van der Waals surface area contributed by atoms with E-state index in [1.165, 1.54) is 6.92 Å². The van der Waals surface area contributed by atoms with Gasteiger partial charge >= 0.3 is 5.97 Å². The predicted molar refractivity (Wildman–Crippen MR) is 191 cm³/mol. The molecular formula is C41H51N3O7. The molecule has 0 N–H and O–H groups in total. The van der Waals surface area contributed by atoms with Gasteiger partial charge in [0.15, 0.2) is 12.3 Å². The fourth-order valence-corrected chi connectivity index (χ4v) is 7.26. The molecule has 10 nitrogen and oxygen atoms in total. The molecule has 0 radical (unpaired) electrons. The molecule has 0 bridgehead atoms. The zero-order valence-electron chi connectivity index (χ0n) is 30.2. The van der Waals surface area contributed by atoms with Crippen LogP contribution in [0, 0.1) is 17.8 Å². The number of hydrogen-bond acceptors (Lipinski definition) is 9. The van der Waals surface area contributed by atoms with E-state index >= 15 is 0 Å². The summed E-state index contributed by atoms with van der Waals surface area (Å²) < 4.78 is 40.7. The van der Waals surface area contributed by atoms with Crippen LogP contribution in [0.25, 0.3) is 0 Å². The summed E-state index contributed by atoms with van der Waals surface area (Å²) in [5.74, 6) is -0.277. The number of carbonyl (C=O) groups is 1. The van der Waals surface area contributed by atoms with Gasteiger partial charge in [-0.05, 0) is 29.0 Å². The van der Waals surface area contributed by atoms with Crippen LogP contribution in [0.3, 0.4) is 0 Å². The molecule has 272 valence electrons. The van der Waals surface area contributed by atoms with Crippen LogP contribution < -0.4 is 0 Å². The van der Waals surface area contributed by atoms with Crippen LogP contribution in [0.1, 0.15) is 75.8 Å². The van der Waals surface area contributed by atoms with E-state index in [1.54, 1.807) is 4.68 Å². The van der Waals surface area contributed by atoms with Gasteiger partial charge in [0.25, 0.3) is 0 Å². The number of hydrogen-bond donors (Lipinski definition) is 0. The van der Waals surface area contributed by atoms with E-state index in [4.69, 9.17) is 28.4 Å². The molecule has 10 atom stereocenters. The predicted octanol–water partition coefficient (Wildman–Crippen LogP) is 7.25. The molecule has 0 aliphatic carbocycles. The largest absolute Gasteiger partial charge is 0.457 e. The topological polar surface area (TPSA) is 103 Å². The highest BCUT2D eigenvalue weighted by Gasteiger charge is 2.48. The van der Waals surface area contributed by atoms with Crippen molar-refractivity contribution in [3.05, 3.63) is 120 Å². The van der Waals surface area contributed by atoms with Crippen LogP contribution in [-0.4, -0.2) is 58.1 Å². The summed E-state index contributed by atoms with van der Waals surface area (Å²) >= 11 is 0. The number of ether oxygens (including phenoxy) is 6. The Morgan fingerprint density at radius 1 is 0.706 bits per heavy atom. The molecule has 3 heterocycles. The molecule has 0 spiro atoms. The minimum atomic E-state index is -0.623. The van der Waals surface area contributed by atoms with Gasteiger partial charge in [-0.25, -0.2) is 4.68 Å². The molecule has 51 heavy (non-hydrogen) atoms. The number of benzene rings is 3. The van der Waals surface area contributed by atoms with Crippen molar-refractivity contribution in [2.75, 3.05) is 6.61 Å². The van der Waals surface area contributed by atoms with E-state index in [-0.39, 0.29) is 42.5 Å². The van der Waals surface area contributed by atoms with Gasteiger partial charge in [0.05, 0.1) is 44.8 Å². The van der Waals surface area contributed by atoms with Crippen LogP contribution in [0.2, 0.25) is 0 Å². The second-order valence-electron chi connectivity index (χ2n) is 13.9. The summed E-state index contributed by atoms with van der Waals surface area (Å²) in [7, 11) is 0. The molecule has 10 heteroatoms. The second kappa shape index (κ2) is 17.5. The molecule has 4 aromatic rings. The van der Waals surface area contributed by atoms with Crippen LogP contribution in [0.4, 0.5) is 0 Å². The summed E-state index contributed by atoms with van der Waals surface area (Å²) in [6, 6.07) is 30.3. The lowest BCUT2D eigenvalue weighted by Crippen LogP contribution is -2.54. The fourth-order valence-electron chi connectivity index (χ4n) is 7.26. The van der Waals surface area contributed by atoms with Crippen molar-refractivity contribution >= 4 is 5.97 Å². The van der Waals surface area contributed by atoms with E-state index < -0.39 is 30.6 Å². The monoisotopic (exact) mass is 697 g/mol. The van der Waals surface area contributed by atoms with Gasteiger partial charge in [-0.3, -0.25) is 4.79 Å². The molecule has 0 saturated carbocycles. The van der Waals surface area contributed by atoms with Crippen molar-refractivity contribution in [3.8, 4) is 0 Å². The van der Waals surface area contributed by atoms with Crippen molar-refractivity contribution in [1.82, 2.24) is 15.0 Å². The second-order valence-corrected chi connectivity index (χ2v) is 13.9. The molecular weight excluding hydrogens is 646 g/mol. The molecule has 2 aliphatic heterocycles. The summed E-state index contributed by atoms with van der Waals surface area (Å²) in [5, 5.41) is 9.18. The maximum Gasteiger partial charge on any atom is 0.303 e. The van der Waals surface area contributed by atoms with Gasteiger partial charge in [-0.15, -0.1) is 5.10 Å². The van der Waals surface area contributed by atoms with Gasteiger partial charge in [0, 0.05) is 18.8 Å². The normalized spacial score (nSPS) is 29.4. The van der Waals surface area contributed by atoms with E-state index in [1.807, 2.05) is 72.9 Å². The van der Waals surface area contributed by atoms with Crippen molar-refractivity contribution in [2.24, 2.45) is 17.8 Å². The number of esters is 1.